The van der Waals surface area contributed by atoms with Crippen LogP contribution in [0.3, 0.4) is 0 Å². The number of rotatable bonds is 44. The van der Waals surface area contributed by atoms with E-state index in [1.807, 2.05) is 0 Å². The van der Waals surface area contributed by atoms with Crippen molar-refractivity contribution in [3.8, 4) is 0 Å². The fraction of sp³-hybridized carbons (Fsp3) is 0.959. The third-order valence-corrected chi connectivity index (χ3v) is 13.4. The number of hydrogen-bond acceptors (Lipinski definition) is 12. The van der Waals surface area contributed by atoms with Crippen molar-refractivity contribution in [2.45, 2.75) is 288 Å². The van der Waals surface area contributed by atoms with Gasteiger partial charge < -0.3 is 39.9 Å². The minimum atomic E-state index is -5.11. The van der Waals surface area contributed by atoms with Gasteiger partial charge in [-0.15, -0.1) is 0 Å². The number of unbranched alkanes of at least 4 members (excludes halogenated alkanes) is 32. The molecule has 0 bridgehead atoms. The molecule has 14 heteroatoms. The Morgan fingerprint density at radius 1 is 0.429 bits per heavy atom. The van der Waals surface area contributed by atoms with Gasteiger partial charge in [-0.1, -0.05) is 219 Å². The molecular formula is C49H95O13P. The summed E-state index contributed by atoms with van der Waals surface area (Å²) < 4.78 is 33.6. The summed E-state index contributed by atoms with van der Waals surface area (Å²) in [6.45, 7) is 3.35. The number of esters is 2. The maximum Gasteiger partial charge on any atom is 0.472 e. The van der Waals surface area contributed by atoms with Gasteiger partial charge in [-0.3, -0.25) is 18.6 Å². The van der Waals surface area contributed by atoms with Crippen molar-refractivity contribution in [2.75, 3.05) is 13.2 Å². The maximum absolute atomic E-state index is 12.8. The van der Waals surface area contributed by atoms with Crippen molar-refractivity contribution in [2.24, 2.45) is 0 Å². The quantitative estimate of drug-likeness (QED) is 0.0191. The second kappa shape index (κ2) is 40.0. The molecule has 1 aliphatic rings. The number of phosphoric acid groups is 1. The molecule has 374 valence electrons. The van der Waals surface area contributed by atoms with E-state index in [2.05, 4.69) is 13.8 Å². The van der Waals surface area contributed by atoms with Crippen LogP contribution in [0.1, 0.15) is 245 Å². The largest absolute Gasteiger partial charge is 0.472 e. The average molecular weight is 923 g/mol. The standard InChI is InChI=1S/C49H95O13P/c1-3-5-7-9-11-13-15-17-19-20-21-22-23-24-26-28-30-32-34-36-38-43(51)61-41(40-60-63(57,58)62-49-47(55)45(53)44(52)46(54)48(49)56)39-59-42(50)37-35-33-31-29-27-25-18-16-14-12-10-8-6-4-2/h41,44-49,52-56H,3-40H2,1-2H3,(H,57,58)/t41-,44?,45-,46?,47?,48?,49?/m1/s1. The number of carbonyl (C=O) groups excluding carboxylic acids is 2. The molecular weight excluding hydrogens is 828 g/mol. The summed E-state index contributed by atoms with van der Waals surface area (Å²) in [6.07, 6.45) is 28.7. The van der Waals surface area contributed by atoms with Gasteiger partial charge in [-0.2, -0.15) is 0 Å². The molecule has 0 aromatic carbocycles. The van der Waals surface area contributed by atoms with E-state index in [9.17, 15) is 44.6 Å². The van der Waals surface area contributed by atoms with Crippen LogP contribution in [0, 0.1) is 0 Å². The number of phosphoric ester groups is 1. The molecule has 1 aliphatic carbocycles. The van der Waals surface area contributed by atoms with E-state index < -0.39 is 75.7 Å². The normalized spacial score (nSPS) is 21.6. The highest BCUT2D eigenvalue weighted by Crippen LogP contribution is 2.47. The van der Waals surface area contributed by atoms with Crippen LogP contribution in [0.2, 0.25) is 0 Å². The average Bonchev–Trinajstić information content (AvgIpc) is 3.26. The molecule has 0 amide bonds. The lowest BCUT2D eigenvalue weighted by atomic mass is 9.85. The van der Waals surface area contributed by atoms with Gasteiger partial charge in [0, 0.05) is 12.8 Å². The van der Waals surface area contributed by atoms with Gasteiger partial charge in [0.2, 0.25) is 0 Å². The molecule has 0 heterocycles. The monoisotopic (exact) mass is 923 g/mol. The Morgan fingerprint density at radius 3 is 1.05 bits per heavy atom. The summed E-state index contributed by atoms with van der Waals surface area (Å²) in [5.74, 6) is -1.08. The predicted molar refractivity (Wildman–Crippen MR) is 249 cm³/mol. The molecule has 8 atom stereocenters. The van der Waals surface area contributed by atoms with E-state index in [1.54, 1.807) is 0 Å². The molecule has 0 aromatic heterocycles. The van der Waals surface area contributed by atoms with Crippen LogP contribution in [0.15, 0.2) is 0 Å². The van der Waals surface area contributed by atoms with E-state index in [-0.39, 0.29) is 12.8 Å². The van der Waals surface area contributed by atoms with E-state index in [1.165, 1.54) is 167 Å². The first-order chi connectivity index (χ1) is 30.4. The van der Waals surface area contributed by atoms with Crippen LogP contribution in [-0.2, 0) is 32.7 Å². The minimum Gasteiger partial charge on any atom is -0.462 e. The summed E-state index contributed by atoms with van der Waals surface area (Å²) in [7, 11) is -5.11. The van der Waals surface area contributed by atoms with Crippen molar-refractivity contribution in [1.82, 2.24) is 0 Å². The van der Waals surface area contributed by atoms with Crippen LogP contribution in [0.25, 0.3) is 0 Å². The van der Waals surface area contributed by atoms with Crippen molar-refractivity contribution >= 4 is 19.8 Å². The van der Waals surface area contributed by atoms with Crippen molar-refractivity contribution < 1.29 is 63.1 Å². The molecule has 1 saturated carbocycles. The molecule has 1 rings (SSSR count). The molecule has 0 aromatic rings. The Hall–Kier alpha value is -1.15. The van der Waals surface area contributed by atoms with Gasteiger partial charge in [0.05, 0.1) is 6.61 Å². The number of carbonyl (C=O) groups is 2. The number of hydrogen-bond donors (Lipinski definition) is 6. The van der Waals surface area contributed by atoms with Crippen molar-refractivity contribution in [3.05, 3.63) is 0 Å². The topological polar surface area (TPSA) is 210 Å². The van der Waals surface area contributed by atoms with Gasteiger partial charge in [0.15, 0.2) is 6.10 Å². The molecule has 0 aliphatic heterocycles. The molecule has 0 radical (unpaired) electrons. The van der Waals surface area contributed by atoms with Crippen LogP contribution in [0.5, 0.6) is 0 Å². The Kier molecular flexibility index (Phi) is 38.0. The predicted octanol–water partition coefficient (Wildman–Crippen LogP) is 10.8. The zero-order valence-corrected chi connectivity index (χ0v) is 40.8. The minimum absolute atomic E-state index is 0.105. The van der Waals surface area contributed by atoms with Crippen molar-refractivity contribution in [1.29, 1.82) is 0 Å². The molecule has 13 nitrogen and oxygen atoms in total. The first-order valence-electron chi connectivity index (χ1n) is 25.8. The molecule has 0 spiro atoms. The first-order valence-corrected chi connectivity index (χ1v) is 27.3. The molecule has 6 unspecified atom stereocenters. The number of aliphatic hydroxyl groups is 5. The fourth-order valence-corrected chi connectivity index (χ4v) is 9.26. The van der Waals surface area contributed by atoms with E-state index in [0.29, 0.717) is 12.8 Å². The Bertz CT molecular complexity index is 1110. The lowest BCUT2D eigenvalue weighted by Gasteiger charge is -2.41. The first kappa shape index (κ1) is 59.9. The van der Waals surface area contributed by atoms with E-state index in [0.717, 1.165) is 38.5 Å². The third-order valence-electron chi connectivity index (χ3n) is 12.4. The van der Waals surface area contributed by atoms with Crippen LogP contribution in [-0.4, -0.2) is 98.3 Å². The van der Waals surface area contributed by atoms with Crippen LogP contribution >= 0.6 is 7.82 Å². The molecule has 0 saturated heterocycles. The Balaban J connectivity index is 2.37. The summed E-state index contributed by atoms with van der Waals surface area (Å²) in [6, 6.07) is 0. The van der Waals surface area contributed by atoms with Crippen LogP contribution in [0.4, 0.5) is 0 Å². The van der Waals surface area contributed by atoms with Crippen LogP contribution < -0.4 is 0 Å². The molecule has 6 N–H and O–H groups in total. The molecule has 63 heavy (non-hydrogen) atoms. The van der Waals surface area contributed by atoms with E-state index >= 15 is 0 Å². The smallest absolute Gasteiger partial charge is 0.462 e. The lowest BCUT2D eigenvalue weighted by Crippen LogP contribution is -2.64. The lowest BCUT2D eigenvalue weighted by molar-refractivity contribution is -0.220. The summed E-state index contributed by atoms with van der Waals surface area (Å²) >= 11 is 0. The highest BCUT2D eigenvalue weighted by atomic mass is 31.2. The van der Waals surface area contributed by atoms with Gasteiger partial charge in [-0.05, 0) is 12.8 Å². The highest BCUT2D eigenvalue weighted by molar-refractivity contribution is 7.47. The third kappa shape index (κ3) is 32.2. The highest BCUT2D eigenvalue weighted by Gasteiger charge is 2.51. The van der Waals surface area contributed by atoms with Crippen molar-refractivity contribution in [3.63, 3.8) is 0 Å². The zero-order valence-electron chi connectivity index (χ0n) is 39.9. The fourth-order valence-electron chi connectivity index (χ4n) is 8.29. The second-order valence-electron chi connectivity index (χ2n) is 18.4. The van der Waals surface area contributed by atoms with Gasteiger partial charge in [0.1, 0.15) is 43.2 Å². The van der Waals surface area contributed by atoms with Gasteiger partial charge in [0.25, 0.3) is 0 Å². The SMILES string of the molecule is CCCCCCCCCCCCCCCCCCCCCCC(=O)O[C@H](COC(=O)CCCCCCCCCCCCCCCC)COP(=O)(O)OC1C(O)C(O)C(O)[C@@H](O)C1O. The summed E-state index contributed by atoms with van der Waals surface area (Å²) in [4.78, 5) is 35.8. The van der Waals surface area contributed by atoms with Gasteiger partial charge >= 0.3 is 19.8 Å². The number of ether oxygens (including phenoxy) is 2. The summed E-state index contributed by atoms with van der Waals surface area (Å²) in [5, 5.41) is 50.2. The number of aliphatic hydroxyl groups excluding tert-OH is 5. The molecule has 1 fully saturated rings. The summed E-state index contributed by atoms with van der Waals surface area (Å²) in [5.41, 5.74) is 0. The maximum atomic E-state index is 12.8. The Morgan fingerprint density at radius 2 is 0.714 bits per heavy atom. The van der Waals surface area contributed by atoms with Gasteiger partial charge in [-0.25, -0.2) is 4.57 Å². The Labute approximate surface area is 382 Å². The zero-order chi connectivity index (χ0) is 46.4. The van der Waals surface area contributed by atoms with E-state index in [4.69, 9.17) is 18.5 Å². The second-order valence-corrected chi connectivity index (χ2v) is 19.8.